The Labute approximate surface area is 113 Å². The third-order valence-corrected chi connectivity index (χ3v) is 2.76. The van der Waals surface area contributed by atoms with Gasteiger partial charge in [-0.25, -0.2) is 0 Å². The Morgan fingerprint density at radius 2 is 1.95 bits per heavy atom. The van der Waals surface area contributed by atoms with E-state index in [1.54, 1.807) is 0 Å². The number of nitrogens with zero attached hydrogens (tertiary/aromatic N) is 4. The van der Waals surface area contributed by atoms with Crippen LogP contribution in [0.5, 0.6) is 6.01 Å². The van der Waals surface area contributed by atoms with Gasteiger partial charge in [-0.3, -0.25) is 0 Å². The lowest BCUT2D eigenvalue weighted by atomic mass is 10.2. The Morgan fingerprint density at radius 3 is 2.58 bits per heavy atom. The minimum atomic E-state index is 0.141. The number of nitrogens with two attached hydrogens (primary N) is 1. The van der Waals surface area contributed by atoms with Crippen LogP contribution >= 0.6 is 0 Å². The van der Waals surface area contributed by atoms with Gasteiger partial charge in [0.2, 0.25) is 11.9 Å². The Hall–Kier alpha value is -1.63. The molecule has 7 heteroatoms. The smallest absolute Gasteiger partial charge is 0.323 e. The molecule has 19 heavy (non-hydrogen) atoms. The van der Waals surface area contributed by atoms with Crippen molar-refractivity contribution in [2.75, 3.05) is 30.3 Å². The van der Waals surface area contributed by atoms with Crippen molar-refractivity contribution >= 4 is 11.9 Å². The van der Waals surface area contributed by atoms with Crippen molar-refractivity contribution in [1.29, 1.82) is 0 Å². The van der Waals surface area contributed by atoms with Crippen LogP contribution in [0, 0.1) is 0 Å². The third kappa shape index (κ3) is 3.66. The van der Waals surface area contributed by atoms with Gasteiger partial charge in [0.15, 0.2) is 0 Å². The summed E-state index contributed by atoms with van der Waals surface area (Å²) in [6.07, 6.45) is 1.18. The molecule has 2 heterocycles. The number of anilines is 2. The Kier molecular flexibility index (Phi) is 4.36. The fourth-order valence-electron chi connectivity index (χ4n) is 2.10. The van der Waals surface area contributed by atoms with Gasteiger partial charge in [0.25, 0.3) is 0 Å². The highest BCUT2D eigenvalue weighted by Gasteiger charge is 2.24. The van der Waals surface area contributed by atoms with Gasteiger partial charge >= 0.3 is 6.01 Å². The first-order valence-corrected chi connectivity index (χ1v) is 6.63. The lowest BCUT2D eigenvalue weighted by Crippen LogP contribution is -2.46. The molecule has 0 unspecified atom stereocenters. The Morgan fingerprint density at radius 1 is 1.26 bits per heavy atom. The number of morpholine rings is 1. The normalized spacial score (nSPS) is 23.4. The maximum Gasteiger partial charge on any atom is 0.323 e. The standard InChI is InChI=1S/C12H21N5O2/c1-4-5-18-12-15-10(13)14-11(16-12)17-6-8(2)19-9(3)7-17/h8-9H,4-7H2,1-3H3,(H2,13,14,15,16)/t8-,9+. The van der Waals surface area contributed by atoms with Crippen LogP contribution in [-0.4, -0.2) is 46.9 Å². The quantitative estimate of drug-likeness (QED) is 0.865. The summed E-state index contributed by atoms with van der Waals surface area (Å²) in [6.45, 7) is 8.13. The molecule has 0 bridgehead atoms. The molecular formula is C12H21N5O2. The molecule has 2 N–H and O–H groups in total. The second kappa shape index (κ2) is 6.01. The highest BCUT2D eigenvalue weighted by atomic mass is 16.5. The SMILES string of the molecule is CCCOc1nc(N)nc(N2C[C@@H](C)O[C@@H](C)C2)n1. The number of aromatic nitrogens is 3. The van der Waals surface area contributed by atoms with Gasteiger partial charge in [-0.2, -0.15) is 15.0 Å². The monoisotopic (exact) mass is 267 g/mol. The van der Waals surface area contributed by atoms with E-state index in [9.17, 15) is 0 Å². The molecule has 106 valence electrons. The van der Waals surface area contributed by atoms with E-state index in [0.29, 0.717) is 12.6 Å². The molecule has 1 aromatic rings. The van der Waals surface area contributed by atoms with E-state index in [-0.39, 0.29) is 24.2 Å². The number of rotatable bonds is 4. The minimum Gasteiger partial charge on any atom is -0.463 e. The molecule has 0 amide bonds. The van der Waals surface area contributed by atoms with Crippen LogP contribution in [0.1, 0.15) is 27.2 Å². The predicted molar refractivity (Wildman–Crippen MR) is 72.2 cm³/mol. The van der Waals surface area contributed by atoms with Crippen molar-refractivity contribution in [1.82, 2.24) is 15.0 Å². The summed E-state index contributed by atoms with van der Waals surface area (Å²) >= 11 is 0. The van der Waals surface area contributed by atoms with Crippen molar-refractivity contribution in [2.45, 2.75) is 39.4 Å². The summed E-state index contributed by atoms with van der Waals surface area (Å²) in [5.74, 6) is 0.739. The zero-order chi connectivity index (χ0) is 13.8. The second-order valence-electron chi connectivity index (χ2n) is 4.79. The lowest BCUT2D eigenvalue weighted by Gasteiger charge is -2.35. The fourth-order valence-corrected chi connectivity index (χ4v) is 2.10. The first-order chi connectivity index (χ1) is 9.08. The molecular weight excluding hydrogens is 246 g/mol. The van der Waals surface area contributed by atoms with Gasteiger partial charge in [-0.15, -0.1) is 0 Å². The van der Waals surface area contributed by atoms with Crippen LogP contribution in [0.2, 0.25) is 0 Å². The average molecular weight is 267 g/mol. The van der Waals surface area contributed by atoms with Gasteiger partial charge in [-0.05, 0) is 20.3 Å². The highest BCUT2D eigenvalue weighted by Crippen LogP contribution is 2.19. The summed E-state index contributed by atoms with van der Waals surface area (Å²) in [7, 11) is 0. The van der Waals surface area contributed by atoms with Crippen LogP contribution in [0.15, 0.2) is 0 Å². The van der Waals surface area contributed by atoms with Crippen molar-refractivity contribution in [3.63, 3.8) is 0 Å². The number of nitrogen functional groups attached to an aromatic ring is 1. The van der Waals surface area contributed by atoms with Crippen LogP contribution < -0.4 is 15.4 Å². The van der Waals surface area contributed by atoms with Gasteiger partial charge in [0.1, 0.15) is 0 Å². The van der Waals surface area contributed by atoms with Crippen LogP contribution in [-0.2, 0) is 4.74 Å². The largest absolute Gasteiger partial charge is 0.463 e. The minimum absolute atomic E-state index is 0.141. The predicted octanol–water partition coefficient (Wildman–Crippen LogP) is 0.856. The first kappa shape index (κ1) is 13.8. The van der Waals surface area contributed by atoms with Crippen molar-refractivity contribution in [3.05, 3.63) is 0 Å². The Balaban J connectivity index is 2.16. The van der Waals surface area contributed by atoms with Gasteiger partial charge in [-0.1, -0.05) is 6.92 Å². The van der Waals surface area contributed by atoms with E-state index in [2.05, 4.69) is 19.9 Å². The van der Waals surface area contributed by atoms with Crippen molar-refractivity contribution in [3.8, 4) is 6.01 Å². The molecule has 1 aromatic heterocycles. The highest BCUT2D eigenvalue weighted by molar-refractivity contribution is 5.36. The number of hydrogen-bond donors (Lipinski definition) is 1. The summed E-state index contributed by atoms with van der Waals surface area (Å²) in [4.78, 5) is 14.5. The van der Waals surface area contributed by atoms with Crippen molar-refractivity contribution < 1.29 is 9.47 Å². The van der Waals surface area contributed by atoms with Gasteiger partial charge in [0.05, 0.1) is 18.8 Å². The summed E-state index contributed by atoms with van der Waals surface area (Å²) < 4.78 is 11.1. The molecule has 1 aliphatic rings. The molecule has 0 saturated carbocycles. The van der Waals surface area contributed by atoms with E-state index in [4.69, 9.17) is 15.2 Å². The second-order valence-corrected chi connectivity index (χ2v) is 4.79. The molecule has 1 aliphatic heterocycles. The zero-order valence-corrected chi connectivity index (χ0v) is 11.7. The topological polar surface area (TPSA) is 86.4 Å². The van der Waals surface area contributed by atoms with Crippen LogP contribution in [0.4, 0.5) is 11.9 Å². The van der Waals surface area contributed by atoms with E-state index in [1.165, 1.54) is 0 Å². The van der Waals surface area contributed by atoms with E-state index < -0.39 is 0 Å². The molecule has 7 nitrogen and oxygen atoms in total. The van der Waals surface area contributed by atoms with Gasteiger partial charge in [0, 0.05) is 13.1 Å². The third-order valence-electron chi connectivity index (χ3n) is 2.76. The molecule has 2 atom stereocenters. The summed E-state index contributed by atoms with van der Waals surface area (Å²) in [6, 6.07) is 0.288. The molecule has 1 saturated heterocycles. The molecule has 1 fully saturated rings. The van der Waals surface area contributed by atoms with Gasteiger partial charge < -0.3 is 20.1 Å². The maximum atomic E-state index is 5.71. The molecule has 2 rings (SSSR count). The van der Waals surface area contributed by atoms with Crippen LogP contribution in [0.25, 0.3) is 0 Å². The molecule has 0 aliphatic carbocycles. The van der Waals surface area contributed by atoms with E-state index in [1.807, 2.05) is 20.8 Å². The molecule has 0 spiro atoms. The number of ether oxygens (including phenoxy) is 2. The first-order valence-electron chi connectivity index (χ1n) is 6.63. The van der Waals surface area contributed by atoms with E-state index in [0.717, 1.165) is 19.5 Å². The summed E-state index contributed by atoms with van der Waals surface area (Å²) in [5, 5.41) is 0. The summed E-state index contributed by atoms with van der Waals surface area (Å²) in [5.41, 5.74) is 5.71. The lowest BCUT2D eigenvalue weighted by molar-refractivity contribution is -0.00577. The van der Waals surface area contributed by atoms with E-state index >= 15 is 0 Å². The zero-order valence-electron chi connectivity index (χ0n) is 11.7. The average Bonchev–Trinajstić information content (AvgIpc) is 2.34. The number of hydrogen-bond acceptors (Lipinski definition) is 7. The molecule has 0 radical (unpaired) electrons. The Bertz CT molecular complexity index is 419. The van der Waals surface area contributed by atoms with Crippen molar-refractivity contribution in [2.24, 2.45) is 0 Å². The molecule has 0 aromatic carbocycles. The van der Waals surface area contributed by atoms with Crippen LogP contribution in [0.3, 0.4) is 0 Å². The fraction of sp³-hybridized carbons (Fsp3) is 0.750. The maximum absolute atomic E-state index is 5.71.